The van der Waals surface area contributed by atoms with E-state index in [1.165, 1.54) is 16.7 Å². The Bertz CT molecular complexity index is 926. The highest BCUT2D eigenvalue weighted by Crippen LogP contribution is 2.35. The first-order valence-corrected chi connectivity index (χ1v) is 10.8. The first-order valence-electron chi connectivity index (χ1n) is 10.4. The van der Waals surface area contributed by atoms with Crippen molar-refractivity contribution in [3.8, 4) is 6.57 Å². The Hall–Kier alpha value is -2.24. The number of rotatable bonds is 6. The molecule has 29 heavy (non-hydrogen) atoms. The van der Waals surface area contributed by atoms with Gasteiger partial charge in [-0.3, -0.25) is 0 Å². The minimum Gasteiger partial charge on any atom is -0.135 e. The molecule has 0 aliphatic carbocycles. The number of nitrogens with zero attached hydrogens (tertiary/aromatic N) is 1. The average molecular weight is 407 g/mol. The lowest BCUT2D eigenvalue weighted by molar-refractivity contribution is 0.348. The maximum absolute atomic E-state index is 5.57. The van der Waals surface area contributed by atoms with E-state index in [1.54, 1.807) is 0 Å². The highest BCUT2D eigenvalue weighted by Gasteiger charge is 2.21. The fourth-order valence-corrected chi connectivity index (χ4v) is 3.43. The van der Waals surface area contributed by atoms with E-state index in [9.17, 15) is 0 Å². The Balaban J connectivity index is 0.00000204. The van der Waals surface area contributed by atoms with E-state index in [0.717, 1.165) is 34.4 Å². The molecule has 0 heterocycles. The van der Waals surface area contributed by atoms with E-state index in [-0.39, 0.29) is 5.41 Å². The molecule has 0 saturated carbocycles. The van der Waals surface area contributed by atoms with Gasteiger partial charge in [0.2, 0.25) is 0 Å². The van der Waals surface area contributed by atoms with Gasteiger partial charge in [0.1, 0.15) is 0 Å². The fourth-order valence-electron chi connectivity index (χ4n) is 3.16. The predicted molar refractivity (Wildman–Crippen MR) is 135 cm³/mol. The zero-order chi connectivity index (χ0) is 22.2. The van der Waals surface area contributed by atoms with Crippen molar-refractivity contribution in [2.75, 3.05) is 0 Å². The second-order valence-electron chi connectivity index (χ2n) is 7.95. The first-order chi connectivity index (χ1) is 13.7. The summed E-state index contributed by atoms with van der Waals surface area (Å²) < 4.78 is 0. The topological polar surface area (TPSA) is 4.36 Å². The fraction of sp³-hybridized carbons (Fsp3) is 0.370. The third-order valence-corrected chi connectivity index (χ3v) is 5.73. The van der Waals surface area contributed by atoms with Crippen molar-refractivity contribution in [2.24, 2.45) is 5.41 Å². The Morgan fingerprint density at radius 2 is 1.79 bits per heavy atom. The van der Waals surface area contributed by atoms with Crippen LogP contribution in [0.5, 0.6) is 0 Å². The van der Waals surface area contributed by atoms with Crippen LogP contribution in [-0.2, 0) is 6.42 Å². The quantitative estimate of drug-likeness (QED) is 0.360. The molecule has 2 aromatic rings. The lowest BCUT2D eigenvalue weighted by atomic mass is 9.79. The zero-order valence-electron chi connectivity index (χ0n) is 19.1. The van der Waals surface area contributed by atoms with E-state index in [4.69, 9.17) is 6.57 Å². The molecule has 0 spiro atoms. The van der Waals surface area contributed by atoms with Crippen LogP contribution in [0.15, 0.2) is 53.4 Å². The molecule has 2 aromatic carbocycles. The third kappa shape index (κ3) is 6.38. The molecule has 0 amide bonds. The Labute approximate surface area is 183 Å². The van der Waals surface area contributed by atoms with Crippen LogP contribution < -0.4 is 0 Å². The average Bonchev–Trinajstić information content (AvgIpc) is 2.70. The van der Waals surface area contributed by atoms with Gasteiger partial charge in [0.15, 0.2) is 0 Å². The first kappa shape index (κ1) is 24.8. The Morgan fingerprint density at radius 3 is 2.38 bits per heavy atom. The minimum atomic E-state index is 0.255. The van der Waals surface area contributed by atoms with Crippen molar-refractivity contribution >= 4 is 30.0 Å². The number of thiol groups is 1. The van der Waals surface area contributed by atoms with Crippen LogP contribution in [0.25, 0.3) is 16.5 Å². The van der Waals surface area contributed by atoms with Crippen LogP contribution in [0.2, 0.25) is 0 Å². The summed E-state index contributed by atoms with van der Waals surface area (Å²) in [5, 5.41) is 0. The molecule has 0 aromatic heterocycles. The SMILES string of the molecule is C#[N+]c1c(S)cccc1/C=C(\C)C(=C)c1cccc(C)c1CC(C)(C)CC.CC. The van der Waals surface area contributed by atoms with Crippen molar-refractivity contribution in [1.82, 2.24) is 0 Å². The molecule has 0 N–H and O–H groups in total. The molecule has 0 bridgehead atoms. The molecule has 0 atom stereocenters. The number of para-hydroxylation sites is 1. The van der Waals surface area contributed by atoms with Crippen molar-refractivity contribution in [1.29, 1.82) is 0 Å². The normalized spacial score (nSPS) is 11.3. The van der Waals surface area contributed by atoms with Crippen LogP contribution in [0, 0.1) is 18.9 Å². The van der Waals surface area contributed by atoms with Crippen LogP contribution in [-0.4, -0.2) is 0 Å². The smallest absolute Gasteiger partial charge is 0.135 e. The molecule has 154 valence electrons. The monoisotopic (exact) mass is 406 g/mol. The van der Waals surface area contributed by atoms with Crippen molar-refractivity contribution in [3.63, 3.8) is 0 Å². The molecule has 0 unspecified atom stereocenters. The van der Waals surface area contributed by atoms with E-state index >= 15 is 0 Å². The van der Waals surface area contributed by atoms with Gasteiger partial charge in [-0.1, -0.05) is 71.9 Å². The lowest BCUT2D eigenvalue weighted by Gasteiger charge is -2.26. The summed E-state index contributed by atoms with van der Waals surface area (Å²) in [7, 11) is 0. The molecule has 0 saturated heterocycles. The van der Waals surface area contributed by atoms with E-state index in [2.05, 4.69) is 82.9 Å². The molecule has 0 aliphatic rings. The molecular weight excluding hydrogens is 370 g/mol. The molecule has 0 radical (unpaired) electrons. The molecule has 1 nitrogen and oxygen atoms in total. The van der Waals surface area contributed by atoms with Gasteiger partial charge < -0.3 is 0 Å². The van der Waals surface area contributed by atoms with Gasteiger partial charge in [-0.15, -0.1) is 12.6 Å². The lowest BCUT2D eigenvalue weighted by Crippen LogP contribution is -2.15. The summed E-state index contributed by atoms with van der Waals surface area (Å²) in [4.78, 5) is 4.66. The summed E-state index contributed by atoms with van der Waals surface area (Å²) in [6, 6.07) is 12.3. The molecule has 2 heteroatoms. The number of hydrogen-bond donors (Lipinski definition) is 1. The molecule has 0 fully saturated rings. The summed E-state index contributed by atoms with van der Waals surface area (Å²) in [5.74, 6) is 0. The number of benzene rings is 2. The van der Waals surface area contributed by atoms with Gasteiger partial charge in [0.25, 0.3) is 6.57 Å². The largest absolute Gasteiger partial charge is 0.360 e. The summed E-state index contributed by atoms with van der Waals surface area (Å²) in [6.07, 6.45) is 4.26. The zero-order valence-corrected chi connectivity index (χ0v) is 20.0. The van der Waals surface area contributed by atoms with Crippen LogP contribution in [0.1, 0.15) is 70.2 Å². The van der Waals surface area contributed by atoms with Crippen molar-refractivity contribution < 1.29 is 0 Å². The van der Waals surface area contributed by atoms with E-state index < -0.39 is 0 Å². The maximum Gasteiger partial charge on any atom is 0.360 e. The number of aryl methyl sites for hydroxylation is 1. The second-order valence-corrected chi connectivity index (χ2v) is 8.43. The maximum atomic E-state index is 5.57. The van der Waals surface area contributed by atoms with Gasteiger partial charge >= 0.3 is 5.69 Å². The number of hydrogen-bond acceptors (Lipinski definition) is 1. The third-order valence-electron chi connectivity index (χ3n) is 5.37. The van der Waals surface area contributed by atoms with Gasteiger partial charge in [-0.2, -0.15) is 0 Å². The Kier molecular flexibility index (Phi) is 9.47. The summed E-state index contributed by atoms with van der Waals surface area (Å²) >= 11 is 4.45. The van der Waals surface area contributed by atoms with Gasteiger partial charge in [-0.05, 0) is 76.6 Å². The van der Waals surface area contributed by atoms with Crippen molar-refractivity contribution in [3.05, 3.63) is 75.6 Å². The van der Waals surface area contributed by atoms with Crippen LogP contribution in [0.4, 0.5) is 5.69 Å². The molecule has 0 aliphatic heterocycles. The summed E-state index contributed by atoms with van der Waals surface area (Å²) in [5.41, 5.74) is 7.96. The number of allylic oxidation sites excluding steroid dienone is 2. The molecule has 2 rings (SSSR count). The van der Waals surface area contributed by atoms with E-state index in [0.29, 0.717) is 5.69 Å². The highest BCUT2D eigenvalue weighted by molar-refractivity contribution is 7.80. The van der Waals surface area contributed by atoms with Crippen LogP contribution >= 0.6 is 12.6 Å². The Morgan fingerprint density at radius 1 is 1.17 bits per heavy atom. The molecular formula is C27H36NS+. The second kappa shape index (κ2) is 11.1. The standard InChI is InChI=1S/C25H29NS.C2H6/c1-8-25(5,6)16-22-17(2)11-9-13-21(22)19(4)18(3)15-20-12-10-14-23(27)24(20)26-7;1-2/h7,9-15H,4,8,16H2,1-3,5-6H3;1-2H3/p+1/b18-15+;. The minimum absolute atomic E-state index is 0.255. The van der Waals surface area contributed by atoms with E-state index in [1.807, 2.05) is 32.0 Å². The highest BCUT2D eigenvalue weighted by atomic mass is 32.1. The van der Waals surface area contributed by atoms with Gasteiger partial charge in [0.05, 0.1) is 10.5 Å². The predicted octanol–water partition coefficient (Wildman–Crippen LogP) is 9.00. The van der Waals surface area contributed by atoms with Crippen molar-refractivity contribution in [2.45, 2.75) is 66.2 Å². The summed E-state index contributed by atoms with van der Waals surface area (Å²) in [6.45, 7) is 25.1. The van der Waals surface area contributed by atoms with Gasteiger partial charge in [-0.25, -0.2) is 0 Å². The van der Waals surface area contributed by atoms with Crippen LogP contribution in [0.3, 0.4) is 0 Å². The van der Waals surface area contributed by atoms with Gasteiger partial charge in [0, 0.05) is 0 Å².